The Bertz CT molecular complexity index is 949. The molecule has 1 unspecified atom stereocenters. The van der Waals surface area contributed by atoms with Crippen LogP contribution >= 0.6 is 0 Å². The number of rotatable bonds is 6. The molecule has 1 heterocycles. The first-order chi connectivity index (χ1) is 13.8. The van der Waals surface area contributed by atoms with Gasteiger partial charge in [-0.3, -0.25) is 4.90 Å². The normalized spacial score (nSPS) is 23.6. The lowest BCUT2D eigenvalue weighted by atomic mass is 9.84. The van der Waals surface area contributed by atoms with Crippen LogP contribution in [0.2, 0.25) is 0 Å². The summed E-state index contributed by atoms with van der Waals surface area (Å²) in [5.74, 6) is 0.616. The molecule has 1 N–H and O–H groups in total. The third-order valence-corrected chi connectivity index (χ3v) is 6.14. The fourth-order valence-corrected chi connectivity index (χ4v) is 4.67. The minimum atomic E-state index is 0.195. The largest absolute Gasteiger partial charge is 0.358 e. The zero-order chi connectivity index (χ0) is 18.8. The maximum Gasteiger partial charge on any atom is 0.0471 e. The zero-order valence-electron chi connectivity index (χ0n) is 16.1. The summed E-state index contributed by atoms with van der Waals surface area (Å²) in [5.41, 5.74) is 5.62. The van der Waals surface area contributed by atoms with Crippen molar-refractivity contribution in [3.63, 3.8) is 0 Å². The van der Waals surface area contributed by atoms with Crippen molar-refractivity contribution in [1.82, 2.24) is 4.90 Å². The number of benzene rings is 3. The van der Waals surface area contributed by atoms with Gasteiger partial charge in [0.2, 0.25) is 0 Å². The van der Waals surface area contributed by atoms with E-state index in [9.17, 15) is 0 Å². The Kier molecular flexibility index (Phi) is 4.50. The number of para-hydroxylation sites is 1. The number of nitrogens with zero attached hydrogens (tertiary/aromatic N) is 1. The summed E-state index contributed by atoms with van der Waals surface area (Å²) >= 11 is 0. The highest BCUT2D eigenvalue weighted by atomic mass is 15.2. The Balaban J connectivity index is 1.34. The van der Waals surface area contributed by atoms with E-state index in [2.05, 4.69) is 107 Å². The van der Waals surface area contributed by atoms with Gasteiger partial charge in [0, 0.05) is 36.4 Å². The lowest BCUT2D eigenvalue weighted by Gasteiger charge is -2.21. The number of likely N-dealkylation sites (tertiary alicyclic amines) is 1. The maximum absolute atomic E-state index is 3.68. The standard InChI is InChI=1S/C26H26N2/c1-4-10-21(11-5-1)16-23-19-28(18-22-12-6-2-7-13-22)20-26(23)17-25(26)27-24-14-8-3-9-15-24/h1-15,17,23,27H,16,18-20H2/t23-,26?/m0/s1. The van der Waals surface area contributed by atoms with Gasteiger partial charge in [-0.1, -0.05) is 84.9 Å². The summed E-state index contributed by atoms with van der Waals surface area (Å²) in [6.07, 6.45) is 3.60. The van der Waals surface area contributed by atoms with Crippen molar-refractivity contribution >= 4 is 5.69 Å². The van der Waals surface area contributed by atoms with Crippen LogP contribution in [0, 0.1) is 11.3 Å². The second-order valence-electron chi connectivity index (χ2n) is 8.13. The van der Waals surface area contributed by atoms with E-state index in [4.69, 9.17) is 0 Å². The van der Waals surface area contributed by atoms with E-state index in [1.807, 2.05) is 0 Å². The molecular weight excluding hydrogens is 340 g/mol. The SMILES string of the molecule is C1=C(Nc2ccccc2)C12CN(Cc1ccccc1)C[C@@H]2Cc1ccccc1. The molecule has 1 aliphatic carbocycles. The molecule has 0 radical (unpaired) electrons. The van der Waals surface area contributed by atoms with Gasteiger partial charge < -0.3 is 5.32 Å². The molecule has 0 bridgehead atoms. The van der Waals surface area contributed by atoms with E-state index in [1.165, 1.54) is 22.5 Å². The average Bonchev–Trinajstić information content (AvgIpc) is 3.31. The first-order valence-electron chi connectivity index (χ1n) is 10.2. The summed E-state index contributed by atoms with van der Waals surface area (Å²) in [7, 11) is 0. The first-order valence-corrected chi connectivity index (χ1v) is 10.2. The van der Waals surface area contributed by atoms with Crippen LogP contribution in [0.5, 0.6) is 0 Å². The van der Waals surface area contributed by atoms with Gasteiger partial charge in [-0.2, -0.15) is 0 Å². The molecule has 1 saturated heterocycles. The summed E-state index contributed by atoms with van der Waals surface area (Å²) in [6.45, 7) is 3.27. The van der Waals surface area contributed by atoms with Crippen LogP contribution in [0.15, 0.2) is 103 Å². The molecule has 0 amide bonds. The highest BCUT2D eigenvalue weighted by Gasteiger charge is 2.55. The zero-order valence-corrected chi connectivity index (χ0v) is 16.1. The van der Waals surface area contributed by atoms with E-state index >= 15 is 0 Å². The van der Waals surface area contributed by atoms with Crippen LogP contribution in [0.3, 0.4) is 0 Å². The quantitative estimate of drug-likeness (QED) is 0.632. The molecule has 2 aliphatic rings. The summed E-state index contributed by atoms with van der Waals surface area (Å²) in [6, 6.07) is 32.3. The van der Waals surface area contributed by atoms with E-state index in [0.29, 0.717) is 5.92 Å². The van der Waals surface area contributed by atoms with Crippen molar-refractivity contribution in [2.45, 2.75) is 13.0 Å². The van der Waals surface area contributed by atoms with Crippen LogP contribution in [-0.2, 0) is 13.0 Å². The lowest BCUT2D eigenvalue weighted by Crippen LogP contribution is -2.22. The molecule has 28 heavy (non-hydrogen) atoms. The molecule has 3 aromatic rings. The van der Waals surface area contributed by atoms with E-state index < -0.39 is 0 Å². The fraction of sp³-hybridized carbons (Fsp3) is 0.231. The number of hydrogen-bond acceptors (Lipinski definition) is 2. The van der Waals surface area contributed by atoms with Crippen LogP contribution in [-0.4, -0.2) is 18.0 Å². The molecular formula is C26H26N2. The molecule has 0 saturated carbocycles. The Morgan fingerprint density at radius 3 is 2.07 bits per heavy atom. The van der Waals surface area contributed by atoms with Gasteiger partial charge in [0.05, 0.1) is 0 Å². The van der Waals surface area contributed by atoms with E-state index in [-0.39, 0.29) is 5.41 Å². The van der Waals surface area contributed by atoms with Crippen LogP contribution in [0.1, 0.15) is 11.1 Å². The Labute approximate surface area is 167 Å². The first kappa shape index (κ1) is 17.3. The van der Waals surface area contributed by atoms with E-state index in [0.717, 1.165) is 26.1 Å². The monoisotopic (exact) mass is 366 g/mol. The average molecular weight is 367 g/mol. The Hall–Kier alpha value is -2.84. The van der Waals surface area contributed by atoms with Crippen LogP contribution < -0.4 is 5.32 Å². The molecule has 1 aliphatic heterocycles. The number of hydrogen-bond donors (Lipinski definition) is 1. The lowest BCUT2D eigenvalue weighted by molar-refractivity contribution is 0.313. The molecule has 2 heteroatoms. The Morgan fingerprint density at radius 2 is 1.39 bits per heavy atom. The van der Waals surface area contributed by atoms with Gasteiger partial charge in [0.25, 0.3) is 0 Å². The minimum absolute atomic E-state index is 0.195. The molecule has 5 rings (SSSR count). The van der Waals surface area contributed by atoms with Crippen molar-refractivity contribution < 1.29 is 0 Å². The third kappa shape index (κ3) is 3.48. The van der Waals surface area contributed by atoms with Gasteiger partial charge in [0.1, 0.15) is 0 Å². The van der Waals surface area contributed by atoms with Crippen LogP contribution in [0.4, 0.5) is 5.69 Å². The van der Waals surface area contributed by atoms with Crippen molar-refractivity contribution in [2.24, 2.45) is 11.3 Å². The van der Waals surface area contributed by atoms with Gasteiger partial charge in [-0.25, -0.2) is 0 Å². The molecule has 2 nitrogen and oxygen atoms in total. The maximum atomic E-state index is 3.68. The fourth-order valence-electron chi connectivity index (χ4n) is 4.67. The van der Waals surface area contributed by atoms with Gasteiger partial charge in [-0.15, -0.1) is 0 Å². The topological polar surface area (TPSA) is 15.3 Å². The summed E-state index contributed by atoms with van der Waals surface area (Å²) < 4.78 is 0. The number of nitrogens with one attached hydrogen (secondary N) is 1. The van der Waals surface area contributed by atoms with Crippen molar-refractivity contribution in [1.29, 1.82) is 0 Å². The molecule has 140 valence electrons. The van der Waals surface area contributed by atoms with Gasteiger partial charge in [0.15, 0.2) is 0 Å². The highest BCUT2D eigenvalue weighted by molar-refractivity contribution is 5.58. The second kappa shape index (κ2) is 7.29. The van der Waals surface area contributed by atoms with Gasteiger partial charge in [-0.05, 0) is 35.6 Å². The van der Waals surface area contributed by atoms with E-state index in [1.54, 1.807) is 0 Å². The van der Waals surface area contributed by atoms with Crippen molar-refractivity contribution in [3.8, 4) is 0 Å². The van der Waals surface area contributed by atoms with Crippen LogP contribution in [0.25, 0.3) is 0 Å². The Morgan fingerprint density at radius 1 is 0.786 bits per heavy atom. The molecule has 1 spiro atoms. The third-order valence-electron chi connectivity index (χ3n) is 6.14. The van der Waals surface area contributed by atoms with Gasteiger partial charge >= 0.3 is 0 Å². The molecule has 2 atom stereocenters. The molecule has 3 aromatic carbocycles. The second-order valence-corrected chi connectivity index (χ2v) is 8.13. The summed E-state index contributed by atoms with van der Waals surface area (Å²) in [5, 5.41) is 3.68. The minimum Gasteiger partial charge on any atom is -0.358 e. The molecule has 0 aromatic heterocycles. The molecule has 1 fully saturated rings. The smallest absolute Gasteiger partial charge is 0.0471 e. The van der Waals surface area contributed by atoms with Crippen molar-refractivity contribution in [3.05, 3.63) is 114 Å². The predicted molar refractivity (Wildman–Crippen MR) is 116 cm³/mol. The number of anilines is 1. The summed E-state index contributed by atoms with van der Waals surface area (Å²) in [4.78, 5) is 2.62. The van der Waals surface area contributed by atoms with Crippen molar-refractivity contribution in [2.75, 3.05) is 18.4 Å². The highest BCUT2D eigenvalue weighted by Crippen LogP contribution is 2.55. The predicted octanol–water partition coefficient (Wildman–Crippen LogP) is 5.36.